The van der Waals surface area contributed by atoms with Crippen LogP contribution >= 0.6 is 15.6 Å². The highest BCUT2D eigenvalue weighted by Gasteiger charge is 2.30. The minimum atomic E-state index is -5.00. The van der Waals surface area contributed by atoms with E-state index in [0.717, 1.165) is 186 Å². The van der Waals surface area contributed by atoms with Crippen molar-refractivity contribution in [2.24, 2.45) is 0 Å². The molecule has 0 aromatic rings. The number of unbranched alkanes of at least 4 members (excludes halogenated alkanes) is 23. The lowest BCUT2D eigenvalue weighted by atomic mass is 10.1. The van der Waals surface area contributed by atoms with Gasteiger partial charge in [0.15, 0.2) is 12.2 Å². The van der Waals surface area contributed by atoms with Crippen molar-refractivity contribution in [1.29, 1.82) is 0 Å². The standard InChI is InChI=1S/C87H144O17P2/c1-5-9-13-17-21-25-29-32-35-38-40-43-46-49-53-56-60-64-68-72-85(90)98-78-83(104-87(92)74-70-66-62-58-54-50-47-44-41-39-36-33-30-26-22-18-14-10-6-2)80-102-106(95,96)100-76-81(88)75-99-105(93,94)101-79-82(103-86(91)73-69-65-61-57-51-28-24-20-16-12-8-4)77-97-84(89)71-67-63-59-55-52-48-45-42-37-34-31-27-23-19-15-11-7-3/h9-11,13-15,21-23,25-27,32-37,40-41,43-44,49,53,60,64,81-83,88H,5-8,12,16-20,24,28-31,38-39,42,45-48,50-52,54-59,61-63,65-80H2,1-4H3,(H,93,94)(H,95,96)/b13-9-,14-10-,15-11-,25-21-,26-22-,27-23-,35-32-,36-33-,37-34-,43-40-,44-41-,53-49-,64-60-. The van der Waals surface area contributed by atoms with Crippen LogP contribution in [0.15, 0.2) is 158 Å². The van der Waals surface area contributed by atoms with Crippen LogP contribution in [0.1, 0.15) is 310 Å². The van der Waals surface area contributed by atoms with Crippen LogP contribution in [0.2, 0.25) is 0 Å². The smallest absolute Gasteiger partial charge is 0.462 e. The molecular formula is C87H144O17P2. The monoisotopic (exact) mass is 1520 g/mol. The van der Waals surface area contributed by atoms with Gasteiger partial charge in [0.25, 0.3) is 0 Å². The highest BCUT2D eigenvalue weighted by atomic mass is 31.2. The summed E-state index contributed by atoms with van der Waals surface area (Å²) in [5, 5.41) is 10.6. The number of ether oxygens (including phenoxy) is 4. The molecule has 0 radical (unpaired) electrons. The summed E-state index contributed by atoms with van der Waals surface area (Å²) >= 11 is 0. The molecule has 17 nitrogen and oxygen atoms in total. The van der Waals surface area contributed by atoms with Gasteiger partial charge in [0.2, 0.25) is 0 Å². The molecule has 0 aliphatic carbocycles. The number of aliphatic hydroxyl groups is 1. The molecule has 0 spiro atoms. The Bertz CT molecular complexity index is 2630. The van der Waals surface area contributed by atoms with Crippen LogP contribution in [0.25, 0.3) is 0 Å². The molecule has 5 unspecified atom stereocenters. The van der Waals surface area contributed by atoms with Crippen molar-refractivity contribution < 1.29 is 80.2 Å². The third kappa shape index (κ3) is 76.9. The van der Waals surface area contributed by atoms with Gasteiger partial charge in [-0.25, -0.2) is 9.13 Å². The molecule has 0 amide bonds. The lowest BCUT2D eigenvalue weighted by molar-refractivity contribution is -0.161. The first-order chi connectivity index (χ1) is 51.7. The molecule has 0 aromatic carbocycles. The van der Waals surface area contributed by atoms with E-state index >= 15 is 0 Å². The summed E-state index contributed by atoms with van der Waals surface area (Å²) in [7, 11) is -9.99. The fraction of sp³-hybridized carbons (Fsp3) is 0.655. The fourth-order valence-electron chi connectivity index (χ4n) is 10.4. The molecule has 0 saturated carbocycles. The Hall–Kier alpha value is -5.32. The minimum Gasteiger partial charge on any atom is -0.462 e. The van der Waals surface area contributed by atoms with Crippen molar-refractivity contribution in [3.05, 3.63) is 158 Å². The first-order valence-electron chi connectivity index (χ1n) is 40.7. The maximum atomic E-state index is 13.1. The van der Waals surface area contributed by atoms with Crippen molar-refractivity contribution >= 4 is 39.5 Å². The van der Waals surface area contributed by atoms with E-state index in [4.69, 9.17) is 37.0 Å². The lowest BCUT2D eigenvalue weighted by Crippen LogP contribution is -2.30. The highest BCUT2D eigenvalue weighted by molar-refractivity contribution is 7.47. The molecule has 3 N–H and O–H groups in total. The largest absolute Gasteiger partial charge is 0.472 e. The molecule has 0 rings (SSSR count). The van der Waals surface area contributed by atoms with Crippen molar-refractivity contribution in [2.75, 3.05) is 39.6 Å². The van der Waals surface area contributed by atoms with E-state index in [1.807, 2.05) is 18.2 Å². The van der Waals surface area contributed by atoms with Crippen molar-refractivity contribution in [2.45, 2.75) is 329 Å². The molecule has 0 aliphatic heterocycles. The van der Waals surface area contributed by atoms with Gasteiger partial charge in [0.05, 0.1) is 26.4 Å². The quantitative estimate of drug-likeness (QED) is 0.0169. The number of hydrogen-bond acceptors (Lipinski definition) is 15. The Morgan fingerprint density at radius 2 is 0.509 bits per heavy atom. The molecule has 0 heterocycles. The van der Waals surface area contributed by atoms with Gasteiger partial charge in [-0.1, -0.05) is 308 Å². The zero-order chi connectivity index (χ0) is 77.4. The van der Waals surface area contributed by atoms with Crippen molar-refractivity contribution in [3.8, 4) is 0 Å². The molecule has 0 saturated heterocycles. The Balaban J connectivity index is 5.43. The number of esters is 4. The van der Waals surface area contributed by atoms with Gasteiger partial charge in [-0.15, -0.1) is 0 Å². The van der Waals surface area contributed by atoms with E-state index in [0.29, 0.717) is 32.1 Å². The van der Waals surface area contributed by atoms with Crippen LogP contribution in [0.4, 0.5) is 0 Å². The maximum Gasteiger partial charge on any atom is 0.472 e. The number of phosphoric acid groups is 2. The van der Waals surface area contributed by atoms with E-state index in [1.165, 1.54) is 38.5 Å². The first-order valence-corrected chi connectivity index (χ1v) is 43.7. The SMILES string of the molecule is CC/C=C\C/C=C\C/C=C\C/C=C\C/C=C\C/C=C\CCC(=O)OCC(COP(=O)(O)OCC(O)COP(=O)(O)OCC(COC(=O)CCCCCCCCC/C=C\C/C=C\C/C=C\CC)OC(=O)CCCCCCCCCCCCC)OC(=O)CCCCCCCC/C=C\C/C=C\C/C=C\C/C=C\CC. The van der Waals surface area contributed by atoms with E-state index in [9.17, 15) is 43.2 Å². The second kappa shape index (κ2) is 77.8. The lowest BCUT2D eigenvalue weighted by Gasteiger charge is -2.21. The summed E-state index contributed by atoms with van der Waals surface area (Å²) in [6.45, 7) is 4.43. The Kier molecular flexibility index (Phi) is 73.9. The van der Waals surface area contributed by atoms with Crippen LogP contribution in [0, 0.1) is 0 Å². The average Bonchev–Trinajstić information content (AvgIpc) is 0.901. The molecule has 604 valence electrons. The Labute approximate surface area is 642 Å². The Morgan fingerprint density at radius 1 is 0.274 bits per heavy atom. The van der Waals surface area contributed by atoms with Gasteiger partial charge in [-0.3, -0.25) is 37.3 Å². The van der Waals surface area contributed by atoms with Gasteiger partial charge in [-0.05, 0) is 135 Å². The number of hydrogen-bond donors (Lipinski definition) is 3. The molecule has 0 aromatic heterocycles. The van der Waals surface area contributed by atoms with Gasteiger partial charge in [0.1, 0.15) is 19.3 Å². The molecule has 0 aliphatic rings. The molecule has 0 bridgehead atoms. The zero-order valence-corrected chi connectivity index (χ0v) is 67.8. The molecule has 106 heavy (non-hydrogen) atoms. The number of phosphoric ester groups is 2. The fourth-order valence-corrected chi connectivity index (χ4v) is 12.0. The van der Waals surface area contributed by atoms with Crippen molar-refractivity contribution in [1.82, 2.24) is 0 Å². The summed E-state index contributed by atoms with van der Waals surface area (Å²) in [5.74, 6) is -2.30. The highest BCUT2D eigenvalue weighted by Crippen LogP contribution is 2.45. The number of carbonyl (C=O) groups excluding carboxylic acids is 4. The molecule has 5 atom stereocenters. The summed E-state index contributed by atoms with van der Waals surface area (Å²) < 4.78 is 68.6. The second-order valence-corrected chi connectivity index (χ2v) is 29.5. The number of allylic oxidation sites excluding steroid dienone is 26. The van der Waals surface area contributed by atoms with Gasteiger partial charge >= 0.3 is 39.5 Å². The number of rotatable bonds is 75. The summed E-state index contributed by atoms with van der Waals surface area (Å²) in [4.78, 5) is 73.0. The first kappa shape index (κ1) is 101. The summed E-state index contributed by atoms with van der Waals surface area (Å²) in [5.41, 5.74) is 0. The van der Waals surface area contributed by atoms with Crippen LogP contribution in [0.3, 0.4) is 0 Å². The van der Waals surface area contributed by atoms with Crippen molar-refractivity contribution in [3.63, 3.8) is 0 Å². The summed E-state index contributed by atoms with van der Waals surface area (Å²) in [6.07, 6.45) is 90.9. The number of carbonyl (C=O) groups is 4. The van der Waals surface area contributed by atoms with Gasteiger partial charge in [0, 0.05) is 25.7 Å². The third-order valence-corrected chi connectivity index (χ3v) is 18.4. The van der Waals surface area contributed by atoms with E-state index in [-0.39, 0.29) is 25.7 Å². The topological polar surface area (TPSA) is 237 Å². The van der Waals surface area contributed by atoms with Crippen LogP contribution in [-0.4, -0.2) is 96.7 Å². The van der Waals surface area contributed by atoms with Crippen LogP contribution < -0.4 is 0 Å². The predicted molar refractivity (Wildman–Crippen MR) is 436 cm³/mol. The maximum absolute atomic E-state index is 13.1. The van der Waals surface area contributed by atoms with Gasteiger partial charge in [-0.2, -0.15) is 0 Å². The average molecular weight is 1520 g/mol. The Morgan fingerprint density at radius 3 is 0.811 bits per heavy atom. The van der Waals surface area contributed by atoms with Crippen LogP contribution in [-0.2, 0) is 65.4 Å². The van der Waals surface area contributed by atoms with E-state index in [2.05, 4.69) is 167 Å². The molecule has 19 heteroatoms. The number of aliphatic hydroxyl groups excluding tert-OH is 1. The minimum absolute atomic E-state index is 0.0282. The third-order valence-electron chi connectivity index (χ3n) is 16.5. The molecule has 0 fully saturated rings. The van der Waals surface area contributed by atoms with E-state index in [1.54, 1.807) is 0 Å². The van der Waals surface area contributed by atoms with E-state index < -0.39 is 97.5 Å². The zero-order valence-electron chi connectivity index (χ0n) is 66.1. The second-order valence-electron chi connectivity index (χ2n) is 26.6. The van der Waals surface area contributed by atoms with Crippen LogP contribution in [0.5, 0.6) is 0 Å². The summed E-state index contributed by atoms with van der Waals surface area (Å²) in [6, 6.07) is 0. The van der Waals surface area contributed by atoms with Gasteiger partial charge < -0.3 is 33.8 Å². The predicted octanol–water partition coefficient (Wildman–Crippen LogP) is 24.0. The molecular weight excluding hydrogens is 1380 g/mol. The normalized spacial score (nSPS) is 14.7.